The van der Waals surface area contributed by atoms with Crippen molar-refractivity contribution < 1.29 is 4.79 Å². The Morgan fingerprint density at radius 3 is 2.38 bits per heavy atom. The summed E-state index contributed by atoms with van der Waals surface area (Å²) in [4.78, 5) is 25.0. The van der Waals surface area contributed by atoms with E-state index < -0.39 is 6.04 Å². The lowest BCUT2D eigenvalue weighted by atomic mass is 10.1. The third-order valence-electron chi connectivity index (χ3n) is 4.20. The maximum absolute atomic E-state index is 12.7. The van der Waals surface area contributed by atoms with Gasteiger partial charge in [-0.05, 0) is 31.5 Å². The van der Waals surface area contributed by atoms with Gasteiger partial charge in [0.25, 0.3) is 5.56 Å². The maximum Gasteiger partial charge on any atom is 0.267 e. The highest BCUT2D eigenvalue weighted by molar-refractivity contribution is 5.93. The van der Waals surface area contributed by atoms with E-state index in [1.54, 1.807) is 6.07 Å². The second-order valence-electron chi connectivity index (χ2n) is 6.15. The largest absolute Gasteiger partial charge is 0.324 e. The Hall–Kier alpha value is -3.21. The van der Waals surface area contributed by atoms with Crippen LogP contribution in [0, 0.1) is 6.92 Å². The number of aromatic nitrogens is 2. The molecule has 0 aliphatic heterocycles. The smallest absolute Gasteiger partial charge is 0.267 e. The molecule has 2 aromatic carbocycles. The summed E-state index contributed by atoms with van der Waals surface area (Å²) in [7, 11) is 0. The van der Waals surface area contributed by atoms with Gasteiger partial charge < -0.3 is 5.32 Å². The molecule has 0 aliphatic rings. The van der Waals surface area contributed by atoms with Gasteiger partial charge in [-0.3, -0.25) is 9.59 Å². The molecular weight excluding hydrogens is 326 g/mol. The monoisotopic (exact) mass is 347 g/mol. The van der Waals surface area contributed by atoms with Crippen molar-refractivity contribution in [3.05, 3.63) is 82.6 Å². The molecule has 1 atom stereocenters. The number of amides is 1. The van der Waals surface area contributed by atoms with Crippen molar-refractivity contribution in [1.82, 2.24) is 9.78 Å². The van der Waals surface area contributed by atoms with Gasteiger partial charge in [-0.25, -0.2) is 4.68 Å². The van der Waals surface area contributed by atoms with Gasteiger partial charge in [-0.1, -0.05) is 55.0 Å². The van der Waals surface area contributed by atoms with E-state index in [9.17, 15) is 9.59 Å². The summed E-state index contributed by atoms with van der Waals surface area (Å²) in [5.41, 5.74) is 3.11. The van der Waals surface area contributed by atoms with E-state index in [-0.39, 0.29) is 11.5 Å². The summed E-state index contributed by atoms with van der Waals surface area (Å²) in [6, 6.07) is 19.6. The Balaban J connectivity index is 1.92. The Kier molecular flexibility index (Phi) is 5.27. The molecule has 5 heteroatoms. The van der Waals surface area contributed by atoms with Crippen LogP contribution in [0.4, 0.5) is 5.69 Å². The second-order valence-corrected chi connectivity index (χ2v) is 6.15. The van der Waals surface area contributed by atoms with E-state index in [4.69, 9.17) is 0 Å². The lowest BCUT2D eigenvalue weighted by Crippen LogP contribution is -2.34. The van der Waals surface area contributed by atoms with Crippen molar-refractivity contribution in [2.75, 3.05) is 5.32 Å². The minimum absolute atomic E-state index is 0.255. The molecule has 0 saturated heterocycles. The highest BCUT2D eigenvalue weighted by atomic mass is 16.2. The van der Waals surface area contributed by atoms with E-state index in [1.807, 2.05) is 68.4 Å². The van der Waals surface area contributed by atoms with Crippen molar-refractivity contribution in [3.8, 4) is 11.3 Å². The van der Waals surface area contributed by atoms with E-state index in [0.717, 1.165) is 11.1 Å². The minimum atomic E-state index is -0.673. The summed E-state index contributed by atoms with van der Waals surface area (Å²) in [5, 5.41) is 7.30. The number of nitrogens with one attached hydrogen (secondary N) is 1. The molecule has 3 rings (SSSR count). The van der Waals surface area contributed by atoms with Crippen LogP contribution in [0.3, 0.4) is 0 Å². The Bertz CT molecular complexity index is 947. The lowest BCUT2D eigenvalue weighted by molar-refractivity contribution is -0.119. The van der Waals surface area contributed by atoms with Crippen molar-refractivity contribution in [2.45, 2.75) is 26.3 Å². The number of carbonyl (C=O) groups excluding carboxylic acids is 1. The van der Waals surface area contributed by atoms with Crippen LogP contribution in [0.2, 0.25) is 0 Å². The molecule has 0 aliphatic carbocycles. The summed E-state index contributed by atoms with van der Waals surface area (Å²) in [6.07, 6.45) is 0.461. The number of para-hydroxylation sites is 1. The molecule has 0 spiro atoms. The molecule has 0 fully saturated rings. The van der Waals surface area contributed by atoms with Crippen LogP contribution < -0.4 is 10.9 Å². The molecule has 0 saturated carbocycles. The van der Waals surface area contributed by atoms with Gasteiger partial charge >= 0.3 is 0 Å². The first-order valence-electron chi connectivity index (χ1n) is 8.61. The van der Waals surface area contributed by atoms with Crippen LogP contribution in [0.15, 0.2) is 71.5 Å². The molecule has 0 unspecified atom stereocenters. The zero-order valence-corrected chi connectivity index (χ0v) is 14.8. The van der Waals surface area contributed by atoms with Gasteiger partial charge in [0.15, 0.2) is 0 Å². The average molecular weight is 347 g/mol. The lowest BCUT2D eigenvalue weighted by Gasteiger charge is -2.17. The second kappa shape index (κ2) is 7.78. The number of nitrogens with zero attached hydrogens (tertiary/aromatic N) is 2. The van der Waals surface area contributed by atoms with E-state index >= 15 is 0 Å². The number of anilines is 1. The molecule has 1 amide bonds. The summed E-state index contributed by atoms with van der Waals surface area (Å²) < 4.78 is 1.27. The molecule has 1 N–H and O–H groups in total. The average Bonchev–Trinajstić information content (AvgIpc) is 2.65. The fraction of sp³-hybridized carbons (Fsp3) is 0.190. The molecule has 0 radical (unpaired) electrons. The van der Waals surface area contributed by atoms with Crippen molar-refractivity contribution in [2.24, 2.45) is 0 Å². The first-order valence-corrected chi connectivity index (χ1v) is 8.61. The zero-order valence-electron chi connectivity index (χ0n) is 14.8. The molecule has 3 aromatic rings. The van der Waals surface area contributed by atoms with Gasteiger partial charge in [0.2, 0.25) is 5.91 Å². The van der Waals surface area contributed by atoms with Crippen LogP contribution >= 0.6 is 0 Å². The fourth-order valence-electron chi connectivity index (χ4n) is 2.74. The highest BCUT2D eigenvalue weighted by Gasteiger charge is 2.21. The van der Waals surface area contributed by atoms with Crippen molar-refractivity contribution in [1.29, 1.82) is 0 Å². The number of hydrogen-bond donors (Lipinski definition) is 1. The molecule has 5 nitrogen and oxygen atoms in total. The van der Waals surface area contributed by atoms with Crippen molar-refractivity contribution >= 4 is 11.6 Å². The molecule has 132 valence electrons. The first kappa shape index (κ1) is 17.6. The molecule has 26 heavy (non-hydrogen) atoms. The van der Waals surface area contributed by atoms with Gasteiger partial charge in [-0.15, -0.1) is 0 Å². The predicted molar refractivity (Wildman–Crippen MR) is 103 cm³/mol. The zero-order chi connectivity index (χ0) is 18.5. The standard InChI is InChI=1S/C21H21N3O2/c1-3-19(21(26)22-17-7-5-4-6-8-17)24-20(25)14-13-18(23-24)16-11-9-15(2)10-12-16/h4-14,19H,3H2,1-2H3,(H,22,26)/t19-/m0/s1. The molecule has 1 aromatic heterocycles. The van der Waals surface area contributed by atoms with Crippen LogP contribution in [-0.4, -0.2) is 15.7 Å². The predicted octanol–water partition coefficient (Wildman–Crippen LogP) is 3.81. The van der Waals surface area contributed by atoms with Crippen LogP contribution in [-0.2, 0) is 4.79 Å². The van der Waals surface area contributed by atoms with Crippen LogP contribution in [0.1, 0.15) is 24.9 Å². The Morgan fingerprint density at radius 1 is 1.04 bits per heavy atom. The van der Waals surface area contributed by atoms with Gasteiger partial charge in [0.1, 0.15) is 6.04 Å². The van der Waals surface area contributed by atoms with E-state index in [2.05, 4.69) is 10.4 Å². The first-order chi connectivity index (χ1) is 12.6. The van der Waals surface area contributed by atoms with E-state index in [1.165, 1.54) is 10.7 Å². The molecule has 0 bridgehead atoms. The summed E-state index contributed by atoms with van der Waals surface area (Å²) in [5.74, 6) is -0.255. The Labute approximate surface area is 152 Å². The topological polar surface area (TPSA) is 64.0 Å². The van der Waals surface area contributed by atoms with Crippen LogP contribution in [0.25, 0.3) is 11.3 Å². The Morgan fingerprint density at radius 2 is 1.73 bits per heavy atom. The molecular formula is C21H21N3O2. The summed E-state index contributed by atoms with van der Waals surface area (Å²) >= 11 is 0. The molecule has 1 heterocycles. The van der Waals surface area contributed by atoms with Crippen molar-refractivity contribution in [3.63, 3.8) is 0 Å². The number of carbonyl (C=O) groups is 1. The van der Waals surface area contributed by atoms with Crippen LogP contribution in [0.5, 0.6) is 0 Å². The number of benzene rings is 2. The normalized spacial score (nSPS) is 11.8. The van der Waals surface area contributed by atoms with Gasteiger partial charge in [0, 0.05) is 17.3 Å². The fourth-order valence-corrected chi connectivity index (χ4v) is 2.74. The van der Waals surface area contributed by atoms with Gasteiger partial charge in [-0.2, -0.15) is 5.10 Å². The quantitative estimate of drug-likeness (QED) is 0.763. The maximum atomic E-state index is 12.7. The van der Waals surface area contributed by atoms with E-state index in [0.29, 0.717) is 17.8 Å². The number of aryl methyl sites for hydroxylation is 1. The summed E-state index contributed by atoms with van der Waals surface area (Å²) in [6.45, 7) is 3.88. The van der Waals surface area contributed by atoms with Gasteiger partial charge in [0.05, 0.1) is 5.69 Å². The SMILES string of the molecule is CC[C@@H](C(=O)Nc1ccccc1)n1nc(-c2ccc(C)cc2)ccc1=O. The highest BCUT2D eigenvalue weighted by Crippen LogP contribution is 2.18. The minimum Gasteiger partial charge on any atom is -0.324 e. The number of rotatable bonds is 5. The third-order valence-corrected chi connectivity index (χ3v) is 4.20. The number of hydrogen-bond acceptors (Lipinski definition) is 3. The third kappa shape index (κ3) is 3.88.